The van der Waals surface area contributed by atoms with Crippen molar-refractivity contribution < 1.29 is 4.79 Å². The molecule has 3 rings (SSSR count). The van der Waals surface area contributed by atoms with Gasteiger partial charge < -0.3 is 4.90 Å². The van der Waals surface area contributed by atoms with Gasteiger partial charge in [-0.05, 0) is 36.2 Å². The first kappa shape index (κ1) is 18.3. The Hall–Kier alpha value is -2.47. The monoisotopic (exact) mass is 413 g/mol. The molecule has 1 amide bonds. The molecule has 0 aliphatic carbocycles. The van der Waals surface area contributed by atoms with E-state index in [1.165, 1.54) is 10.9 Å². The fraction of sp³-hybridized carbons (Fsp3) is 0.250. The maximum Gasteiger partial charge on any atom is 0.261 e. The molecule has 0 saturated heterocycles. The van der Waals surface area contributed by atoms with Crippen molar-refractivity contribution in [3.63, 3.8) is 0 Å². The summed E-state index contributed by atoms with van der Waals surface area (Å²) in [5.74, 6) is -0.00510. The molecular weight excluding hydrogens is 394 g/mol. The minimum Gasteiger partial charge on any atom is -0.341 e. The quantitative estimate of drug-likeness (QED) is 0.642. The summed E-state index contributed by atoms with van der Waals surface area (Å²) in [6, 6.07) is 13.4. The van der Waals surface area contributed by atoms with Gasteiger partial charge in [-0.1, -0.05) is 40.2 Å². The zero-order valence-corrected chi connectivity index (χ0v) is 16.4. The van der Waals surface area contributed by atoms with Gasteiger partial charge in [-0.15, -0.1) is 0 Å². The van der Waals surface area contributed by atoms with Crippen molar-refractivity contribution in [2.45, 2.75) is 26.4 Å². The fourth-order valence-corrected chi connectivity index (χ4v) is 3.19. The number of aromatic nitrogens is 2. The van der Waals surface area contributed by atoms with Gasteiger partial charge in [0, 0.05) is 31.0 Å². The van der Waals surface area contributed by atoms with E-state index in [9.17, 15) is 9.59 Å². The number of aryl methyl sites for hydroxylation is 2. The Labute approximate surface area is 160 Å². The lowest BCUT2D eigenvalue weighted by molar-refractivity contribution is -0.130. The molecule has 0 fully saturated rings. The predicted molar refractivity (Wildman–Crippen MR) is 106 cm³/mol. The third-order valence-electron chi connectivity index (χ3n) is 4.45. The Morgan fingerprint density at radius 3 is 2.77 bits per heavy atom. The smallest absolute Gasteiger partial charge is 0.261 e. The highest BCUT2D eigenvalue weighted by Crippen LogP contribution is 2.15. The van der Waals surface area contributed by atoms with Gasteiger partial charge in [0.05, 0.1) is 17.2 Å². The van der Waals surface area contributed by atoms with Crippen LogP contribution in [0.5, 0.6) is 0 Å². The molecule has 3 aromatic rings. The van der Waals surface area contributed by atoms with E-state index in [0.29, 0.717) is 24.0 Å². The summed E-state index contributed by atoms with van der Waals surface area (Å²) < 4.78 is 2.32. The number of nitrogens with zero attached hydrogens (tertiary/aromatic N) is 3. The number of fused-ring (bicyclic) bond motifs is 1. The molecule has 6 heteroatoms. The molecule has 134 valence electrons. The van der Waals surface area contributed by atoms with E-state index < -0.39 is 0 Å². The van der Waals surface area contributed by atoms with Crippen LogP contribution in [-0.4, -0.2) is 27.4 Å². The van der Waals surface area contributed by atoms with Crippen molar-refractivity contribution in [2.24, 2.45) is 0 Å². The van der Waals surface area contributed by atoms with Gasteiger partial charge in [0.15, 0.2) is 0 Å². The Bertz CT molecular complexity index is 1010. The van der Waals surface area contributed by atoms with Gasteiger partial charge in [0.25, 0.3) is 5.56 Å². The van der Waals surface area contributed by atoms with Crippen molar-refractivity contribution in [1.82, 2.24) is 14.5 Å². The summed E-state index contributed by atoms with van der Waals surface area (Å²) in [7, 11) is 1.79. The highest BCUT2D eigenvalue weighted by molar-refractivity contribution is 9.10. The first-order valence-corrected chi connectivity index (χ1v) is 9.18. The number of hydrogen-bond donors (Lipinski definition) is 0. The molecule has 0 aliphatic rings. The minimum absolute atomic E-state index is 0.00510. The van der Waals surface area contributed by atoms with Crippen LogP contribution in [0, 0.1) is 6.92 Å². The van der Waals surface area contributed by atoms with Crippen LogP contribution < -0.4 is 5.56 Å². The number of amides is 1. The topological polar surface area (TPSA) is 55.2 Å². The standard InChI is InChI=1S/C20H20BrN3O2/c1-14-5-3-4-6-15(14)12-23(2)19(25)9-10-24-13-22-18-8-7-16(21)11-17(18)20(24)26/h3-8,11,13H,9-10,12H2,1-2H3. The van der Waals surface area contributed by atoms with Crippen LogP contribution in [0.15, 0.2) is 58.1 Å². The van der Waals surface area contributed by atoms with E-state index >= 15 is 0 Å². The molecule has 5 nitrogen and oxygen atoms in total. The van der Waals surface area contributed by atoms with E-state index in [1.54, 1.807) is 24.1 Å². The summed E-state index contributed by atoms with van der Waals surface area (Å²) in [4.78, 5) is 31.0. The summed E-state index contributed by atoms with van der Waals surface area (Å²) >= 11 is 3.37. The van der Waals surface area contributed by atoms with Gasteiger partial charge in [-0.3, -0.25) is 14.2 Å². The van der Waals surface area contributed by atoms with E-state index in [2.05, 4.69) is 20.9 Å². The predicted octanol–water partition coefficient (Wildman–Crippen LogP) is 3.52. The Morgan fingerprint density at radius 2 is 2.00 bits per heavy atom. The van der Waals surface area contributed by atoms with Gasteiger partial charge in [-0.2, -0.15) is 0 Å². The Morgan fingerprint density at radius 1 is 1.23 bits per heavy atom. The van der Waals surface area contributed by atoms with E-state index in [-0.39, 0.29) is 17.9 Å². The average molecular weight is 414 g/mol. The molecule has 0 atom stereocenters. The number of rotatable bonds is 5. The largest absolute Gasteiger partial charge is 0.341 e. The second-order valence-corrected chi connectivity index (χ2v) is 7.25. The molecule has 0 radical (unpaired) electrons. The van der Waals surface area contributed by atoms with Crippen molar-refractivity contribution in [3.8, 4) is 0 Å². The molecule has 2 aromatic carbocycles. The van der Waals surface area contributed by atoms with Crippen LogP contribution in [0.3, 0.4) is 0 Å². The molecule has 1 heterocycles. The first-order chi connectivity index (χ1) is 12.5. The van der Waals surface area contributed by atoms with Crippen LogP contribution in [0.4, 0.5) is 0 Å². The summed E-state index contributed by atoms with van der Waals surface area (Å²) in [5, 5.41) is 0.544. The normalized spacial score (nSPS) is 10.9. The fourth-order valence-electron chi connectivity index (χ4n) is 2.83. The van der Waals surface area contributed by atoms with Crippen molar-refractivity contribution in [3.05, 3.63) is 74.7 Å². The van der Waals surface area contributed by atoms with Crippen LogP contribution in [0.2, 0.25) is 0 Å². The summed E-state index contributed by atoms with van der Waals surface area (Å²) in [5.41, 5.74) is 2.80. The lowest BCUT2D eigenvalue weighted by atomic mass is 10.1. The number of carbonyl (C=O) groups is 1. The van der Waals surface area contributed by atoms with Gasteiger partial charge in [-0.25, -0.2) is 4.98 Å². The van der Waals surface area contributed by atoms with Crippen LogP contribution in [-0.2, 0) is 17.9 Å². The third kappa shape index (κ3) is 4.02. The zero-order valence-electron chi connectivity index (χ0n) is 14.8. The van der Waals surface area contributed by atoms with Crippen LogP contribution in [0.1, 0.15) is 17.5 Å². The molecule has 0 spiro atoms. The SMILES string of the molecule is Cc1ccccc1CN(C)C(=O)CCn1cnc2ccc(Br)cc2c1=O. The number of halogens is 1. The molecule has 0 saturated carbocycles. The first-order valence-electron chi connectivity index (χ1n) is 8.39. The Kier molecular flexibility index (Phi) is 5.52. The van der Waals surface area contributed by atoms with E-state index in [4.69, 9.17) is 0 Å². The molecule has 0 unspecified atom stereocenters. The van der Waals surface area contributed by atoms with Gasteiger partial charge >= 0.3 is 0 Å². The van der Waals surface area contributed by atoms with Crippen molar-refractivity contribution in [1.29, 1.82) is 0 Å². The summed E-state index contributed by atoms with van der Waals surface area (Å²) in [6.07, 6.45) is 1.76. The van der Waals surface area contributed by atoms with E-state index in [1.807, 2.05) is 37.3 Å². The average Bonchev–Trinajstić information content (AvgIpc) is 2.63. The molecule has 26 heavy (non-hydrogen) atoms. The molecule has 0 bridgehead atoms. The number of hydrogen-bond acceptors (Lipinski definition) is 3. The zero-order chi connectivity index (χ0) is 18.7. The van der Waals surface area contributed by atoms with Crippen LogP contribution in [0.25, 0.3) is 10.9 Å². The number of benzene rings is 2. The minimum atomic E-state index is -0.134. The maximum absolute atomic E-state index is 12.6. The lowest BCUT2D eigenvalue weighted by Crippen LogP contribution is -2.29. The Balaban J connectivity index is 1.69. The van der Waals surface area contributed by atoms with E-state index in [0.717, 1.165) is 15.6 Å². The van der Waals surface area contributed by atoms with Crippen LogP contribution >= 0.6 is 15.9 Å². The van der Waals surface area contributed by atoms with Crippen molar-refractivity contribution in [2.75, 3.05) is 7.05 Å². The summed E-state index contributed by atoms with van der Waals surface area (Å²) in [6.45, 7) is 2.90. The van der Waals surface area contributed by atoms with Gasteiger partial charge in [0.2, 0.25) is 5.91 Å². The van der Waals surface area contributed by atoms with Crippen molar-refractivity contribution >= 4 is 32.7 Å². The molecule has 0 N–H and O–H groups in total. The second-order valence-electron chi connectivity index (χ2n) is 6.33. The lowest BCUT2D eigenvalue weighted by Gasteiger charge is -2.19. The highest BCUT2D eigenvalue weighted by atomic mass is 79.9. The third-order valence-corrected chi connectivity index (χ3v) is 4.94. The second kappa shape index (κ2) is 7.83. The highest BCUT2D eigenvalue weighted by Gasteiger charge is 2.12. The molecule has 1 aromatic heterocycles. The maximum atomic E-state index is 12.6. The number of carbonyl (C=O) groups excluding carboxylic acids is 1. The van der Waals surface area contributed by atoms with Gasteiger partial charge in [0.1, 0.15) is 0 Å². The molecular formula is C20H20BrN3O2. The molecule has 0 aliphatic heterocycles.